The molecule has 0 aromatic heterocycles. The molecule has 0 spiro atoms. The molecule has 2 heteroatoms. The van der Waals surface area contributed by atoms with Crippen LogP contribution in [0.25, 0.3) is 11.1 Å². The summed E-state index contributed by atoms with van der Waals surface area (Å²) in [5, 5.41) is 3.45. The van der Waals surface area contributed by atoms with Crippen molar-refractivity contribution in [2.24, 2.45) is 0 Å². The Morgan fingerprint density at radius 3 is 2.25 bits per heavy atom. The SMILES string of the molecule is CCNC1CC(Oc2ccc(-c3ccccc3)cc2)C1. The molecule has 20 heavy (non-hydrogen) atoms. The van der Waals surface area contributed by atoms with E-state index in [-0.39, 0.29) is 0 Å². The average molecular weight is 267 g/mol. The van der Waals surface area contributed by atoms with Crippen LogP contribution in [0.4, 0.5) is 0 Å². The predicted molar refractivity (Wildman–Crippen MR) is 83.0 cm³/mol. The Kier molecular flexibility index (Phi) is 4.03. The van der Waals surface area contributed by atoms with Crippen LogP contribution >= 0.6 is 0 Å². The van der Waals surface area contributed by atoms with Gasteiger partial charge in [-0.1, -0.05) is 49.4 Å². The maximum absolute atomic E-state index is 5.98. The van der Waals surface area contributed by atoms with Crippen LogP contribution in [-0.2, 0) is 0 Å². The van der Waals surface area contributed by atoms with E-state index in [1.54, 1.807) is 0 Å². The van der Waals surface area contributed by atoms with Crippen LogP contribution in [0.2, 0.25) is 0 Å². The van der Waals surface area contributed by atoms with Crippen LogP contribution in [0.15, 0.2) is 54.6 Å². The summed E-state index contributed by atoms with van der Waals surface area (Å²) in [7, 11) is 0. The van der Waals surface area contributed by atoms with Gasteiger partial charge in [-0.2, -0.15) is 0 Å². The van der Waals surface area contributed by atoms with E-state index in [2.05, 4.69) is 60.8 Å². The molecular weight excluding hydrogens is 246 g/mol. The van der Waals surface area contributed by atoms with E-state index in [4.69, 9.17) is 4.74 Å². The zero-order chi connectivity index (χ0) is 13.8. The topological polar surface area (TPSA) is 21.3 Å². The molecule has 1 fully saturated rings. The number of rotatable bonds is 5. The van der Waals surface area contributed by atoms with Crippen molar-refractivity contribution in [3.05, 3.63) is 54.6 Å². The van der Waals surface area contributed by atoms with Crippen LogP contribution in [0.1, 0.15) is 19.8 Å². The molecule has 2 aromatic rings. The summed E-state index contributed by atoms with van der Waals surface area (Å²) in [5.41, 5.74) is 2.48. The second kappa shape index (κ2) is 6.10. The first-order valence-corrected chi connectivity index (χ1v) is 7.40. The molecular formula is C18H21NO. The second-order valence-corrected chi connectivity index (χ2v) is 5.36. The number of ether oxygens (including phenoxy) is 1. The maximum Gasteiger partial charge on any atom is 0.119 e. The fraction of sp³-hybridized carbons (Fsp3) is 0.333. The molecule has 1 saturated carbocycles. The lowest BCUT2D eigenvalue weighted by atomic mass is 9.89. The Hall–Kier alpha value is -1.80. The first-order chi connectivity index (χ1) is 9.85. The molecule has 0 unspecified atom stereocenters. The third-order valence-corrected chi connectivity index (χ3v) is 3.85. The van der Waals surface area contributed by atoms with Gasteiger partial charge in [0.2, 0.25) is 0 Å². The van der Waals surface area contributed by atoms with Crippen LogP contribution in [0.3, 0.4) is 0 Å². The first-order valence-electron chi connectivity index (χ1n) is 7.40. The maximum atomic E-state index is 5.98. The molecule has 0 heterocycles. The molecule has 3 rings (SSSR count). The lowest BCUT2D eigenvalue weighted by molar-refractivity contribution is 0.0860. The number of nitrogens with one attached hydrogen (secondary N) is 1. The Morgan fingerprint density at radius 1 is 0.950 bits per heavy atom. The zero-order valence-corrected chi connectivity index (χ0v) is 11.9. The van der Waals surface area contributed by atoms with Gasteiger partial charge in [0.15, 0.2) is 0 Å². The quantitative estimate of drug-likeness (QED) is 0.888. The monoisotopic (exact) mass is 267 g/mol. The Morgan fingerprint density at radius 2 is 1.60 bits per heavy atom. The van der Waals surface area contributed by atoms with Crippen molar-refractivity contribution in [2.45, 2.75) is 31.9 Å². The molecule has 0 bridgehead atoms. The van der Waals surface area contributed by atoms with Crippen molar-refractivity contribution < 1.29 is 4.74 Å². The first kappa shape index (κ1) is 13.2. The Balaban J connectivity index is 1.58. The highest BCUT2D eigenvalue weighted by Crippen LogP contribution is 2.27. The molecule has 0 aliphatic heterocycles. The van der Waals surface area contributed by atoms with Gasteiger partial charge in [-0.25, -0.2) is 0 Å². The highest BCUT2D eigenvalue weighted by molar-refractivity contribution is 5.63. The van der Waals surface area contributed by atoms with E-state index in [1.165, 1.54) is 11.1 Å². The summed E-state index contributed by atoms with van der Waals surface area (Å²) in [5.74, 6) is 0.977. The largest absolute Gasteiger partial charge is 0.490 e. The molecule has 0 atom stereocenters. The van der Waals surface area contributed by atoms with Crippen LogP contribution in [-0.4, -0.2) is 18.7 Å². The zero-order valence-electron chi connectivity index (χ0n) is 11.9. The van der Waals surface area contributed by atoms with Crippen LogP contribution in [0, 0.1) is 0 Å². The summed E-state index contributed by atoms with van der Waals surface area (Å²) in [6.07, 6.45) is 2.62. The van der Waals surface area contributed by atoms with Gasteiger partial charge in [-0.05, 0) is 42.6 Å². The van der Waals surface area contributed by atoms with Crippen molar-refractivity contribution in [1.29, 1.82) is 0 Å². The van der Waals surface area contributed by atoms with E-state index in [1.807, 2.05) is 6.07 Å². The highest BCUT2D eigenvalue weighted by atomic mass is 16.5. The highest BCUT2D eigenvalue weighted by Gasteiger charge is 2.29. The van der Waals surface area contributed by atoms with Gasteiger partial charge in [-0.3, -0.25) is 0 Å². The third kappa shape index (κ3) is 3.02. The van der Waals surface area contributed by atoms with Gasteiger partial charge < -0.3 is 10.1 Å². The van der Waals surface area contributed by atoms with Crippen molar-refractivity contribution in [3.8, 4) is 16.9 Å². The standard InChI is InChI=1S/C18H21NO/c1-2-19-16-12-18(13-16)20-17-10-8-15(9-11-17)14-6-4-3-5-7-14/h3-11,16,18-19H,2,12-13H2,1H3. The van der Waals surface area contributed by atoms with Crippen LogP contribution < -0.4 is 10.1 Å². The minimum absolute atomic E-state index is 0.377. The van der Waals surface area contributed by atoms with Crippen molar-refractivity contribution in [3.63, 3.8) is 0 Å². The average Bonchev–Trinajstić information content (AvgIpc) is 2.47. The summed E-state index contributed by atoms with van der Waals surface area (Å²) in [4.78, 5) is 0. The molecule has 1 aliphatic carbocycles. The lowest BCUT2D eigenvalue weighted by Crippen LogP contribution is -2.46. The van der Waals surface area contributed by atoms with Gasteiger partial charge in [0.05, 0.1) is 0 Å². The molecule has 0 radical (unpaired) electrons. The van der Waals surface area contributed by atoms with E-state index in [0.717, 1.165) is 25.1 Å². The molecule has 1 aliphatic rings. The second-order valence-electron chi connectivity index (χ2n) is 5.36. The van der Waals surface area contributed by atoms with Gasteiger partial charge in [0.1, 0.15) is 11.9 Å². The van der Waals surface area contributed by atoms with Gasteiger partial charge in [0, 0.05) is 6.04 Å². The fourth-order valence-electron chi connectivity index (χ4n) is 2.67. The summed E-state index contributed by atoms with van der Waals surface area (Å²) in [6, 6.07) is 19.5. The molecule has 2 aromatic carbocycles. The van der Waals surface area contributed by atoms with E-state index < -0.39 is 0 Å². The van der Waals surface area contributed by atoms with Gasteiger partial charge in [0.25, 0.3) is 0 Å². The van der Waals surface area contributed by atoms with E-state index >= 15 is 0 Å². The molecule has 0 amide bonds. The minimum Gasteiger partial charge on any atom is -0.490 e. The summed E-state index contributed by atoms with van der Waals surface area (Å²) in [6.45, 7) is 3.19. The smallest absolute Gasteiger partial charge is 0.119 e. The van der Waals surface area contributed by atoms with E-state index in [0.29, 0.717) is 12.1 Å². The van der Waals surface area contributed by atoms with Crippen LogP contribution in [0.5, 0.6) is 5.75 Å². The number of benzene rings is 2. The third-order valence-electron chi connectivity index (χ3n) is 3.85. The van der Waals surface area contributed by atoms with Crippen molar-refractivity contribution >= 4 is 0 Å². The van der Waals surface area contributed by atoms with E-state index in [9.17, 15) is 0 Å². The molecule has 104 valence electrons. The Bertz CT molecular complexity index is 529. The summed E-state index contributed by atoms with van der Waals surface area (Å²) >= 11 is 0. The number of hydrogen-bond donors (Lipinski definition) is 1. The van der Waals surface area contributed by atoms with Gasteiger partial charge >= 0.3 is 0 Å². The van der Waals surface area contributed by atoms with Crippen molar-refractivity contribution in [1.82, 2.24) is 5.32 Å². The summed E-state index contributed by atoms with van der Waals surface area (Å²) < 4.78 is 5.98. The number of hydrogen-bond acceptors (Lipinski definition) is 2. The molecule has 2 nitrogen and oxygen atoms in total. The lowest BCUT2D eigenvalue weighted by Gasteiger charge is -2.35. The molecule has 1 N–H and O–H groups in total. The van der Waals surface area contributed by atoms with Crippen molar-refractivity contribution in [2.75, 3.05) is 6.54 Å². The normalized spacial score (nSPS) is 21.2. The Labute approximate surface area is 120 Å². The predicted octanol–water partition coefficient (Wildman–Crippen LogP) is 3.87. The molecule has 0 saturated heterocycles. The van der Waals surface area contributed by atoms with Gasteiger partial charge in [-0.15, -0.1) is 0 Å². The minimum atomic E-state index is 0.377. The fourth-order valence-corrected chi connectivity index (χ4v) is 2.67.